The van der Waals surface area contributed by atoms with E-state index in [0.29, 0.717) is 30.8 Å². The molecule has 2 N–H and O–H groups in total. The van der Waals surface area contributed by atoms with E-state index in [4.69, 9.17) is 14.2 Å². The summed E-state index contributed by atoms with van der Waals surface area (Å²) < 4.78 is 15.2. The second kappa shape index (κ2) is 13.7. The van der Waals surface area contributed by atoms with E-state index >= 15 is 0 Å². The van der Waals surface area contributed by atoms with Crippen LogP contribution in [0.4, 0.5) is 4.79 Å². The van der Waals surface area contributed by atoms with Gasteiger partial charge in [0.2, 0.25) is 6.41 Å². The van der Waals surface area contributed by atoms with Gasteiger partial charge in [0.15, 0.2) is 11.2 Å². The average molecular weight is 509 g/mol. The fraction of sp³-hybridized carbons (Fsp3) is 0.522. The van der Waals surface area contributed by atoms with Gasteiger partial charge < -0.3 is 24.8 Å². The zero-order valence-electron chi connectivity index (χ0n) is 20.5. The van der Waals surface area contributed by atoms with E-state index < -0.39 is 42.1 Å². The SMILES string of the molecule is COC(=O)C1CCSC(NC(=O)[C@H](C(C)OC)N(C=O)C(=O)N[C@@H](C)C2=CC=C(OC)C=CC2)=N1. The number of carbonyl (C=O) groups excluding carboxylic acids is 4. The number of thioether (sulfide) groups is 1. The Morgan fingerprint density at radius 3 is 2.60 bits per heavy atom. The summed E-state index contributed by atoms with van der Waals surface area (Å²) in [4.78, 5) is 54.9. The lowest BCUT2D eigenvalue weighted by Crippen LogP contribution is -2.58. The van der Waals surface area contributed by atoms with Crippen molar-refractivity contribution in [3.63, 3.8) is 0 Å². The Morgan fingerprint density at radius 1 is 1.23 bits per heavy atom. The first-order valence-electron chi connectivity index (χ1n) is 11.0. The molecule has 35 heavy (non-hydrogen) atoms. The van der Waals surface area contributed by atoms with Crippen LogP contribution < -0.4 is 10.6 Å². The van der Waals surface area contributed by atoms with Crippen molar-refractivity contribution in [2.24, 2.45) is 4.99 Å². The summed E-state index contributed by atoms with van der Waals surface area (Å²) in [7, 11) is 4.21. The number of esters is 1. The number of methoxy groups -OCH3 is 3. The molecule has 0 saturated carbocycles. The molecule has 0 bridgehead atoms. The monoisotopic (exact) mass is 508 g/mol. The largest absolute Gasteiger partial charge is 0.497 e. The minimum absolute atomic E-state index is 0.209. The highest BCUT2D eigenvalue weighted by Crippen LogP contribution is 2.19. The van der Waals surface area contributed by atoms with Gasteiger partial charge in [-0.1, -0.05) is 23.9 Å². The Balaban J connectivity index is 2.17. The van der Waals surface area contributed by atoms with Gasteiger partial charge in [-0.3, -0.25) is 14.5 Å². The van der Waals surface area contributed by atoms with E-state index in [1.54, 1.807) is 27.0 Å². The Hall–Kier alpha value is -3.12. The number of aliphatic imine (C=N–C) groups is 1. The Bertz CT molecular complexity index is 931. The lowest BCUT2D eigenvalue weighted by molar-refractivity contribution is -0.142. The second-order valence-corrected chi connectivity index (χ2v) is 8.87. The first kappa shape index (κ1) is 28.1. The Labute approximate surface area is 209 Å². The highest BCUT2D eigenvalue weighted by molar-refractivity contribution is 8.13. The van der Waals surface area contributed by atoms with Crippen LogP contribution in [0.15, 0.2) is 40.6 Å². The maximum absolute atomic E-state index is 13.1. The van der Waals surface area contributed by atoms with E-state index in [0.717, 1.165) is 10.5 Å². The summed E-state index contributed by atoms with van der Waals surface area (Å²) in [5.74, 6) is 0.0467. The highest BCUT2D eigenvalue weighted by atomic mass is 32.2. The van der Waals surface area contributed by atoms with E-state index in [-0.39, 0.29) is 5.17 Å². The van der Waals surface area contributed by atoms with Crippen molar-refractivity contribution < 1.29 is 33.4 Å². The van der Waals surface area contributed by atoms with Crippen LogP contribution in [0.1, 0.15) is 26.7 Å². The molecule has 1 heterocycles. The number of urea groups is 1. The number of carbonyl (C=O) groups is 4. The molecule has 4 atom stereocenters. The maximum Gasteiger partial charge on any atom is 0.330 e. The molecule has 0 radical (unpaired) electrons. The van der Waals surface area contributed by atoms with Crippen molar-refractivity contribution in [2.45, 2.75) is 50.9 Å². The smallest absolute Gasteiger partial charge is 0.330 e. The summed E-state index contributed by atoms with van der Waals surface area (Å²) in [5, 5.41) is 5.58. The van der Waals surface area contributed by atoms with Crippen molar-refractivity contribution in [3.05, 3.63) is 35.6 Å². The first-order chi connectivity index (χ1) is 16.7. The van der Waals surface area contributed by atoms with Gasteiger partial charge in [-0.05, 0) is 44.4 Å². The second-order valence-electron chi connectivity index (χ2n) is 7.79. The number of ether oxygens (including phenoxy) is 3. The number of nitrogens with one attached hydrogen (secondary N) is 2. The van der Waals surface area contributed by atoms with Crippen LogP contribution in [0, 0.1) is 0 Å². The number of nitrogens with zero attached hydrogens (tertiary/aromatic N) is 2. The van der Waals surface area contributed by atoms with Crippen LogP contribution in [0.3, 0.4) is 0 Å². The zero-order valence-corrected chi connectivity index (χ0v) is 21.3. The van der Waals surface area contributed by atoms with Crippen molar-refractivity contribution >= 4 is 41.2 Å². The predicted octanol–water partition coefficient (Wildman–Crippen LogP) is 1.51. The first-order valence-corrected chi connectivity index (χ1v) is 12.0. The number of allylic oxidation sites excluding steroid dienone is 4. The molecule has 192 valence electrons. The molecule has 2 aliphatic rings. The number of hydrogen-bond acceptors (Lipinski definition) is 9. The number of hydrogen-bond donors (Lipinski definition) is 2. The van der Waals surface area contributed by atoms with Crippen LogP contribution in [-0.4, -0.2) is 85.7 Å². The molecule has 2 unspecified atom stereocenters. The standard InChI is InChI=1S/C23H32N4O7S/c1-14(16-7-6-8-17(33-4)10-9-16)24-23(31)27(13-28)19(15(2)32-3)20(29)26-22-25-18(11-12-35-22)21(30)34-5/h6,8-10,13-15,18-19H,7,11-12H2,1-5H3,(H,24,31)(H,25,26,29)/t14-,15?,18?,19-/m0/s1. The Kier molecular flexibility index (Phi) is 11.0. The average Bonchev–Trinajstić information content (AvgIpc) is 3.12. The topological polar surface area (TPSA) is 136 Å². The molecule has 1 aliphatic carbocycles. The predicted molar refractivity (Wildman–Crippen MR) is 132 cm³/mol. The van der Waals surface area contributed by atoms with Gasteiger partial charge in [0, 0.05) is 18.9 Å². The summed E-state index contributed by atoms with van der Waals surface area (Å²) in [6.07, 6.45) is 7.87. The van der Waals surface area contributed by atoms with Crippen LogP contribution in [0.5, 0.6) is 0 Å². The van der Waals surface area contributed by atoms with Gasteiger partial charge in [0.25, 0.3) is 5.91 Å². The van der Waals surface area contributed by atoms with Crippen LogP contribution >= 0.6 is 11.8 Å². The maximum atomic E-state index is 13.1. The molecule has 0 fully saturated rings. The van der Waals surface area contributed by atoms with Gasteiger partial charge in [-0.15, -0.1) is 0 Å². The molecule has 1 aliphatic heterocycles. The number of amides is 4. The number of amidine groups is 1. The summed E-state index contributed by atoms with van der Waals surface area (Å²) >= 11 is 1.25. The minimum Gasteiger partial charge on any atom is -0.497 e. The third-order valence-corrected chi connectivity index (χ3v) is 6.49. The van der Waals surface area contributed by atoms with E-state index in [2.05, 4.69) is 15.6 Å². The molecular weight excluding hydrogens is 476 g/mol. The fourth-order valence-corrected chi connectivity index (χ4v) is 4.34. The lowest BCUT2D eigenvalue weighted by atomic mass is 10.1. The van der Waals surface area contributed by atoms with Crippen molar-refractivity contribution in [2.75, 3.05) is 27.1 Å². The molecule has 0 aromatic rings. The third kappa shape index (κ3) is 7.69. The van der Waals surface area contributed by atoms with Gasteiger partial charge in [-0.25, -0.2) is 14.6 Å². The van der Waals surface area contributed by atoms with Gasteiger partial charge in [0.05, 0.1) is 20.3 Å². The van der Waals surface area contributed by atoms with Gasteiger partial charge >= 0.3 is 12.0 Å². The van der Waals surface area contributed by atoms with Crippen molar-refractivity contribution in [3.8, 4) is 0 Å². The number of rotatable bonds is 9. The van der Waals surface area contributed by atoms with E-state index in [1.165, 1.54) is 26.0 Å². The summed E-state index contributed by atoms with van der Waals surface area (Å²) in [5.41, 5.74) is 0.884. The Morgan fingerprint density at radius 2 is 1.97 bits per heavy atom. The molecule has 0 aromatic heterocycles. The quantitative estimate of drug-likeness (QED) is 0.353. The molecule has 0 aromatic carbocycles. The summed E-state index contributed by atoms with van der Waals surface area (Å²) in [6, 6.07) is -3.19. The van der Waals surface area contributed by atoms with E-state index in [1.807, 2.05) is 18.2 Å². The van der Waals surface area contributed by atoms with Crippen LogP contribution in [-0.2, 0) is 28.6 Å². The number of imide groups is 1. The van der Waals surface area contributed by atoms with E-state index in [9.17, 15) is 19.2 Å². The lowest BCUT2D eigenvalue weighted by Gasteiger charge is -2.31. The van der Waals surface area contributed by atoms with Crippen molar-refractivity contribution in [1.82, 2.24) is 15.5 Å². The normalized spacial score (nSPS) is 20.0. The molecule has 2 rings (SSSR count). The van der Waals surface area contributed by atoms with Crippen molar-refractivity contribution in [1.29, 1.82) is 0 Å². The molecule has 4 amide bonds. The van der Waals surface area contributed by atoms with Gasteiger partial charge in [-0.2, -0.15) is 0 Å². The van der Waals surface area contributed by atoms with Crippen LogP contribution in [0.25, 0.3) is 0 Å². The highest BCUT2D eigenvalue weighted by Gasteiger charge is 2.36. The fourth-order valence-electron chi connectivity index (χ4n) is 3.43. The molecule has 0 saturated heterocycles. The van der Waals surface area contributed by atoms with Gasteiger partial charge in [0.1, 0.15) is 11.8 Å². The summed E-state index contributed by atoms with van der Waals surface area (Å²) in [6.45, 7) is 3.35. The molecule has 0 spiro atoms. The molecule has 11 nitrogen and oxygen atoms in total. The molecule has 12 heteroatoms. The minimum atomic E-state index is -1.28. The van der Waals surface area contributed by atoms with Crippen LogP contribution in [0.2, 0.25) is 0 Å². The molecular formula is C23H32N4O7S. The zero-order chi connectivity index (χ0) is 26.0. The third-order valence-electron chi connectivity index (χ3n) is 5.57.